The van der Waals surface area contributed by atoms with E-state index >= 15 is 0 Å². The van der Waals surface area contributed by atoms with Gasteiger partial charge in [-0.15, -0.1) is 0 Å². The summed E-state index contributed by atoms with van der Waals surface area (Å²) in [5.74, 6) is 0.879. The minimum atomic E-state index is 0.376. The molecule has 0 amide bonds. The lowest BCUT2D eigenvalue weighted by Crippen LogP contribution is -2.22. The highest BCUT2D eigenvalue weighted by molar-refractivity contribution is 5.31. The smallest absolute Gasteiger partial charge is 0.150 e. The number of rotatable bonds is 3. The first-order chi connectivity index (χ1) is 8.93. The molecule has 0 aliphatic carbocycles. The van der Waals surface area contributed by atoms with Gasteiger partial charge < -0.3 is 15.2 Å². The zero-order chi connectivity index (χ0) is 12.2. The van der Waals surface area contributed by atoms with Crippen molar-refractivity contribution in [3.05, 3.63) is 53.4 Å². The van der Waals surface area contributed by atoms with Crippen LogP contribution in [0, 0.1) is 0 Å². The molecular weight excluding hydrogens is 226 g/mol. The lowest BCUT2D eigenvalue weighted by Gasteiger charge is -2.18. The Morgan fingerprint density at radius 2 is 2.28 bits per heavy atom. The zero-order valence-corrected chi connectivity index (χ0v) is 10.2. The Kier molecular flexibility index (Phi) is 3.39. The monoisotopic (exact) mass is 243 g/mol. The van der Waals surface area contributed by atoms with E-state index in [2.05, 4.69) is 40.1 Å². The Hall–Kier alpha value is -1.65. The summed E-state index contributed by atoms with van der Waals surface area (Å²) in [6, 6.07) is 10.9. The van der Waals surface area contributed by atoms with Crippen molar-refractivity contribution < 1.29 is 4.52 Å². The Labute approximate surface area is 106 Å². The summed E-state index contributed by atoms with van der Waals surface area (Å²) < 4.78 is 5.12. The van der Waals surface area contributed by atoms with Crippen molar-refractivity contribution in [1.29, 1.82) is 0 Å². The fraction of sp³-hybridized carbons (Fsp3) is 0.357. The second-order valence-corrected chi connectivity index (χ2v) is 4.58. The molecule has 2 heterocycles. The lowest BCUT2D eigenvalue weighted by molar-refractivity contribution is 0.360. The van der Waals surface area contributed by atoms with Gasteiger partial charge in [-0.2, -0.15) is 0 Å². The molecule has 0 saturated carbocycles. The Bertz CT molecular complexity index is 496. The third-order valence-corrected chi connectivity index (χ3v) is 3.37. The van der Waals surface area contributed by atoms with Crippen molar-refractivity contribution in [3.63, 3.8) is 0 Å². The van der Waals surface area contributed by atoms with Gasteiger partial charge in [-0.25, -0.2) is 0 Å². The number of hydrogen-bond donors (Lipinski definition) is 2. The summed E-state index contributed by atoms with van der Waals surface area (Å²) in [5, 5.41) is 10.7. The molecule has 1 aromatic carbocycles. The first kappa shape index (κ1) is 11.4. The summed E-state index contributed by atoms with van der Waals surface area (Å²) in [4.78, 5) is 0. The molecule has 1 aromatic heterocycles. The van der Waals surface area contributed by atoms with E-state index in [0.29, 0.717) is 6.04 Å². The number of nitrogens with one attached hydrogen (secondary N) is 2. The van der Waals surface area contributed by atoms with Crippen LogP contribution in [0.25, 0.3) is 0 Å². The molecule has 0 fully saturated rings. The van der Waals surface area contributed by atoms with E-state index in [1.165, 1.54) is 11.1 Å². The largest absolute Gasteiger partial charge is 0.360 e. The van der Waals surface area contributed by atoms with Crippen LogP contribution >= 0.6 is 0 Å². The maximum atomic E-state index is 5.12. The van der Waals surface area contributed by atoms with Gasteiger partial charge in [0.05, 0.1) is 12.7 Å². The Balaban J connectivity index is 1.75. The van der Waals surface area contributed by atoms with Crippen LogP contribution in [0.3, 0.4) is 0 Å². The fourth-order valence-electron chi connectivity index (χ4n) is 2.43. The molecule has 0 saturated heterocycles. The second-order valence-electron chi connectivity index (χ2n) is 4.58. The minimum absolute atomic E-state index is 0.376. The molecule has 18 heavy (non-hydrogen) atoms. The van der Waals surface area contributed by atoms with Crippen molar-refractivity contribution >= 4 is 0 Å². The van der Waals surface area contributed by atoms with Gasteiger partial charge in [-0.3, -0.25) is 0 Å². The van der Waals surface area contributed by atoms with E-state index in [4.69, 9.17) is 4.52 Å². The Morgan fingerprint density at radius 3 is 3.17 bits per heavy atom. The van der Waals surface area contributed by atoms with Gasteiger partial charge in [-0.05, 0) is 24.1 Å². The molecule has 1 aliphatic rings. The van der Waals surface area contributed by atoms with Crippen LogP contribution in [0.5, 0.6) is 0 Å². The van der Waals surface area contributed by atoms with Gasteiger partial charge in [0.1, 0.15) is 5.76 Å². The summed E-state index contributed by atoms with van der Waals surface area (Å²) in [7, 11) is 0. The summed E-state index contributed by atoms with van der Waals surface area (Å²) in [6.45, 7) is 2.71. The normalized spacial score (nSPS) is 19.2. The molecule has 2 N–H and O–H groups in total. The van der Waals surface area contributed by atoms with Crippen LogP contribution < -0.4 is 10.6 Å². The van der Waals surface area contributed by atoms with Gasteiger partial charge in [0.2, 0.25) is 0 Å². The van der Waals surface area contributed by atoms with Crippen LogP contribution in [0.4, 0.5) is 0 Å². The predicted molar refractivity (Wildman–Crippen MR) is 68.8 cm³/mol. The van der Waals surface area contributed by atoms with Crippen molar-refractivity contribution in [2.75, 3.05) is 6.54 Å². The van der Waals surface area contributed by atoms with Crippen LogP contribution in [-0.2, 0) is 13.1 Å². The van der Waals surface area contributed by atoms with Gasteiger partial charge in [0.25, 0.3) is 0 Å². The van der Waals surface area contributed by atoms with Gasteiger partial charge in [-0.1, -0.05) is 29.4 Å². The molecule has 1 atom stereocenters. The van der Waals surface area contributed by atoms with E-state index in [0.717, 1.165) is 31.8 Å². The highest BCUT2D eigenvalue weighted by Crippen LogP contribution is 2.23. The molecule has 1 aliphatic heterocycles. The molecule has 0 spiro atoms. The molecule has 0 bridgehead atoms. The standard InChI is InChI=1S/C14H17N3O/c1-2-4-13-11(3-1)9-15-7-6-14(13)16-10-12-5-8-17-18-12/h1-5,8,14-16H,6-7,9-10H2. The van der Waals surface area contributed by atoms with Crippen molar-refractivity contribution in [2.24, 2.45) is 0 Å². The summed E-state index contributed by atoms with van der Waals surface area (Å²) in [5.41, 5.74) is 2.77. The van der Waals surface area contributed by atoms with Crippen LogP contribution in [0.1, 0.15) is 29.3 Å². The quantitative estimate of drug-likeness (QED) is 0.865. The summed E-state index contributed by atoms with van der Waals surface area (Å²) >= 11 is 0. The maximum absolute atomic E-state index is 5.12. The van der Waals surface area contributed by atoms with Crippen LogP contribution in [0.2, 0.25) is 0 Å². The van der Waals surface area contributed by atoms with E-state index < -0.39 is 0 Å². The van der Waals surface area contributed by atoms with Crippen LogP contribution in [0.15, 0.2) is 41.1 Å². The number of hydrogen-bond acceptors (Lipinski definition) is 4. The molecule has 3 rings (SSSR count). The SMILES string of the molecule is c1ccc2c(c1)CNCCC2NCc1ccno1. The van der Waals surface area contributed by atoms with E-state index in [-0.39, 0.29) is 0 Å². The average Bonchev–Trinajstić information content (AvgIpc) is 2.84. The minimum Gasteiger partial charge on any atom is -0.360 e. The number of benzene rings is 1. The molecular formula is C14H17N3O. The molecule has 2 aromatic rings. The van der Waals surface area contributed by atoms with Crippen molar-refractivity contribution in [3.8, 4) is 0 Å². The lowest BCUT2D eigenvalue weighted by atomic mass is 9.99. The molecule has 4 heteroatoms. The maximum Gasteiger partial charge on any atom is 0.150 e. The van der Waals surface area contributed by atoms with Crippen molar-refractivity contribution in [1.82, 2.24) is 15.8 Å². The average molecular weight is 243 g/mol. The van der Waals surface area contributed by atoms with E-state index in [1.807, 2.05) is 6.07 Å². The molecule has 94 valence electrons. The van der Waals surface area contributed by atoms with E-state index in [9.17, 15) is 0 Å². The third kappa shape index (κ3) is 2.44. The van der Waals surface area contributed by atoms with Gasteiger partial charge in [0, 0.05) is 18.7 Å². The molecule has 4 nitrogen and oxygen atoms in total. The number of fused-ring (bicyclic) bond motifs is 1. The first-order valence-corrected chi connectivity index (χ1v) is 6.35. The van der Waals surface area contributed by atoms with Crippen LogP contribution in [-0.4, -0.2) is 11.7 Å². The first-order valence-electron chi connectivity index (χ1n) is 6.35. The highest BCUT2D eigenvalue weighted by Gasteiger charge is 2.17. The highest BCUT2D eigenvalue weighted by atomic mass is 16.5. The number of nitrogens with zero attached hydrogens (tertiary/aromatic N) is 1. The zero-order valence-electron chi connectivity index (χ0n) is 10.2. The predicted octanol–water partition coefficient (Wildman–Crippen LogP) is 2.00. The van der Waals surface area contributed by atoms with Crippen molar-refractivity contribution in [2.45, 2.75) is 25.6 Å². The van der Waals surface area contributed by atoms with E-state index in [1.54, 1.807) is 6.20 Å². The topological polar surface area (TPSA) is 50.1 Å². The summed E-state index contributed by atoms with van der Waals surface area (Å²) in [6.07, 6.45) is 2.77. The van der Waals surface area contributed by atoms with Gasteiger partial charge in [0.15, 0.2) is 0 Å². The second kappa shape index (κ2) is 5.33. The fourth-order valence-corrected chi connectivity index (χ4v) is 2.43. The third-order valence-electron chi connectivity index (χ3n) is 3.37. The molecule has 1 unspecified atom stereocenters. The Morgan fingerprint density at radius 1 is 1.33 bits per heavy atom. The number of aromatic nitrogens is 1. The molecule has 0 radical (unpaired) electrons. The van der Waals surface area contributed by atoms with Gasteiger partial charge >= 0.3 is 0 Å².